The van der Waals surface area contributed by atoms with Crippen LogP contribution in [0.3, 0.4) is 0 Å². The first-order chi connectivity index (χ1) is 15.0. The van der Waals surface area contributed by atoms with Crippen LogP contribution in [0.4, 0.5) is 0 Å². The van der Waals surface area contributed by atoms with Crippen LogP contribution in [0.5, 0.6) is 0 Å². The standard InChI is InChI=1S/C23H33N3O4S/c1-31-11-10-19(21(27)25-13-15-6-8-16(9-7-15)23(29)30)26-22(28)20-12-17-4-2-3-5-18(17)14-24-20/h2-5,15-16,19-20,24H,6-14H2,1H3,(H,25,27)(H,26,28)(H,29,30)/t15?,16?,19-,20+/m0/s1. The Morgan fingerprint density at radius 1 is 1.16 bits per heavy atom. The normalized spacial score (nSPS) is 24.0. The Kier molecular flexibility index (Phi) is 8.78. The highest BCUT2D eigenvalue weighted by molar-refractivity contribution is 7.98. The fourth-order valence-corrected chi connectivity index (χ4v) is 4.87. The molecule has 1 heterocycles. The molecule has 0 unspecified atom stereocenters. The molecule has 31 heavy (non-hydrogen) atoms. The second kappa shape index (κ2) is 11.5. The smallest absolute Gasteiger partial charge is 0.306 e. The van der Waals surface area contributed by atoms with E-state index < -0.39 is 12.0 Å². The van der Waals surface area contributed by atoms with Crippen LogP contribution in [-0.4, -0.2) is 53.5 Å². The van der Waals surface area contributed by atoms with E-state index in [1.807, 2.05) is 24.5 Å². The predicted molar refractivity (Wildman–Crippen MR) is 122 cm³/mol. The maximum Gasteiger partial charge on any atom is 0.306 e. The van der Waals surface area contributed by atoms with Gasteiger partial charge in [0.2, 0.25) is 11.8 Å². The molecule has 0 radical (unpaired) electrons. The van der Waals surface area contributed by atoms with Gasteiger partial charge in [0.25, 0.3) is 0 Å². The maximum atomic E-state index is 12.9. The summed E-state index contributed by atoms with van der Waals surface area (Å²) in [6.45, 7) is 1.18. The molecule has 1 aromatic carbocycles. The van der Waals surface area contributed by atoms with E-state index in [1.165, 1.54) is 11.1 Å². The molecule has 170 valence electrons. The number of aliphatic carboxylic acids is 1. The van der Waals surface area contributed by atoms with Gasteiger partial charge in [0, 0.05) is 13.1 Å². The Morgan fingerprint density at radius 2 is 1.87 bits per heavy atom. The number of carbonyl (C=O) groups excluding carboxylic acids is 2. The minimum atomic E-state index is -0.721. The van der Waals surface area contributed by atoms with Gasteiger partial charge in [-0.15, -0.1) is 0 Å². The topological polar surface area (TPSA) is 108 Å². The van der Waals surface area contributed by atoms with Gasteiger partial charge in [0.05, 0.1) is 12.0 Å². The minimum Gasteiger partial charge on any atom is -0.481 e. The summed E-state index contributed by atoms with van der Waals surface area (Å²) in [5.41, 5.74) is 2.38. The van der Waals surface area contributed by atoms with Gasteiger partial charge in [-0.3, -0.25) is 14.4 Å². The molecular formula is C23H33N3O4S. The summed E-state index contributed by atoms with van der Waals surface area (Å²) in [5, 5.41) is 18.4. The first kappa shape index (κ1) is 23.6. The first-order valence-corrected chi connectivity index (χ1v) is 12.5. The molecule has 4 N–H and O–H groups in total. The van der Waals surface area contributed by atoms with Gasteiger partial charge in [-0.25, -0.2) is 0 Å². The molecule has 3 rings (SSSR count). The number of carbonyl (C=O) groups is 3. The molecule has 2 atom stereocenters. The van der Waals surface area contributed by atoms with Gasteiger partial charge in [-0.1, -0.05) is 24.3 Å². The summed E-state index contributed by atoms with van der Waals surface area (Å²) >= 11 is 1.65. The Hall–Kier alpha value is -2.06. The number of amides is 2. The van der Waals surface area contributed by atoms with Crippen molar-refractivity contribution in [1.29, 1.82) is 0 Å². The number of nitrogens with one attached hydrogen (secondary N) is 3. The van der Waals surface area contributed by atoms with E-state index >= 15 is 0 Å². The molecule has 8 heteroatoms. The van der Waals surface area contributed by atoms with E-state index in [4.69, 9.17) is 5.11 Å². The first-order valence-electron chi connectivity index (χ1n) is 11.1. The summed E-state index contributed by atoms with van der Waals surface area (Å²) in [5.74, 6) is -0.192. The van der Waals surface area contributed by atoms with Crippen LogP contribution in [0.15, 0.2) is 24.3 Å². The van der Waals surface area contributed by atoms with Crippen molar-refractivity contribution < 1.29 is 19.5 Å². The molecular weight excluding hydrogens is 414 g/mol. The molecule has 0 bridgehead atoms. The van der Waals surface area contributed by atoms with Crippen molar-refractivity contribution in [3.8, 4) is 0 Å². The molecule has 2 aliphatic rings. The highest BCUT2D eigenvalue weighted by Crippen LogP contribution is 2.28. The van der Waals surface area contributed by atoms with E-state index in [9.17, 15) is 14.4 Å². The Balaban J connectivity index is 1.50. The van der Waals surface area contributed by atoms with E-state index in [2.05, 4.69) is 22.0 Å². The second-order valence-corrected chi connectivity index (χ2v) is 9.54. The Bertz CT molecular complexity index is 780. The zero-order valence-corrected chi connectivity index (χ0v) is 18.9. The molecule has 1 aliphatic carbocycles. The third kappa shape index (κ3) is 6.71. The van der Waals surface area contributed by atoms with Crippen LogP contribution >= 0.6 is 11.8 Å². The van der Waals surface area contributed by atoms with Crippen LogP contribution < -0.4 is 16.0 Å². The molecule has 0 saturated heterocycles. The number of thioether (sulfide) groups is 1. The number of carboxylic acids is 1. The fourth-order valence-electron chi connectivity index (χ4n) is 4.40. The Labute approximate surface area is 188 Å². The van der Waals surface area contributed by atoms with E-state index in [-0.39, 0.29) is 23.8 Å². The van der Waals surface area contributed by atoms with Crippen molar-refractivity contribution in [2.75, 3.05) is 18.6 Å². The number of rotatable bonds is 9. The molecule has 1 fully saturated rings. The average Bonchev–Trinajstić information content (AvgIpc) is 2.79. The fraction of sp³-hybridized carbons (Fsp3) is 0.609. The lowest BCUT2D eigenvalue weighted by Gasteiger charge is -2.28. The van der Waals surface area contributed by atoms with Crippen LogP contribution in [0.25, 0.3) is 0 Å². The number of benzene rings is 1. The molecule has 7 nitrogen and oxygen atoms in total. The number of hydrogen-bond donors (Lipinski definition) is 4. The molecule has 2 amide bonds. The third-order valence-electron chi connectivity index (χ3n) is 6.40. The molecule has 1 saturated carbocycles. The van der Waals surface area contributed by atoms with Crippen LogP contribution in [0.1, 0.15) is 43.2 Å². The van der Waals surface area contributed by atoms with Crippen molar-refractivity contribution in [3.05, 3.63) is 35.4 Å². The monoisotopic (exact) mass is 447 g/mol. The van der Waals surface area contributed by atoms with Crippen molar-refractivity contribution in [3.63, 3.8) is 0 Å². The van der Waals surface area contributed by atoms with Gasteiger partial charge >= 0.3 is 5.97 Å². The lowest BCUT2D eigenvalue weighted by molar-refractivity contribution is -0.143. The number of carboxylic acid groups (broad SMARTS) is 1. The zero-order valence-electron chi connectivity index (χ0n) is 18.1. The van der Waals surface area contributed by atoms with Crippen molar-refractivity contribution in [2.24, 2.45) is 11.8 Å². The van der Waals surface area contributed by atoms with Gasteiger partial charge < -0.3 is 21.1 Å². The largest absolute Gasteiger partial charge is 0.481 e. The van der Waals surface area contributed by atoms with E-state index in [0.29, 0.717) is 44.7 Å². The minimum absolute atomic E-state index is 0.141. The highest BCUT2D eigenvalue weighted by atomic mass is 32.2. The molecule has 1 aliphatic heterocycles. The van der Waals surface area contributed by atoms with Gasteiger partial charge in [0.15, 0.2) is 0 Å². The molecule has 0 aromatic heterocycles. The van der Waals surface area contributed by atoms with Crippen molar-refractivity contribution in [2.45, 2.75) is 57.2 Å². The SMILES string of the molecule is CSCC[C@H](NC(=O)[C@H]1Cc2ccccc2CN1)C(=O)NCC1CCC(C(=O)O)CC1. The lowest BCUT2D eigenvalue weighted by atomic mass is 9.82. The third-order valence-corrected chi connectivity index (χ3v) is 7.05. The van der Waals surface area contributed by atoms with Crippen LogP contribution in [0, 0.1) is 11.8 Å². The molecule has 1 aromatic rings. The van der Waals surface area contributed by atoms with Gasteiger partial charge in [-0.05, 0) is 67.6 Å². The average molecular weight is 448 g/mol. The summed E-state index contributed by atoms with van der Waals surface area (Å²) in [7, 11) is 0. The lowest BCUT2D eigenvalue weighted by Crippen LogP contribution is -2.54. The number of fused-ring (bicyclic) bond motifs is 1. The summed E-state index contributed by atoms with van der Waals surface area (Å²) in [6, 6.07) is 7.19. The second-order valence-electron chi connectivity index (χ2n) is 8.55. The van der Waals surface area contributed by atoms with E-state index in [1.54, 1.807) is 11.8 Å². The maximum absolute atomic E-state index is 12.9. The van der Waals surface area contributed by atoms with E-state index in [0.717, 1.165) is 18.6 Å². The quantitative estimate of drug-likeness (QED) is 0.461. The molecule has 0 spiro atoms. The van der Waals surface area contributed by atoms with Gasteiger partial charge in [-0.2, -0.15) is 11.8 Å². The van der Waals surface area contributed by atoms with Crippen LogP contribution in [0.2, 0.25) is 0 Å². The summed E-state index contributed by atoms with van der Waals surface area (Å²) in [4.78, 5) is 36.8. The predicted octanol–water partition coefficient (Wildman–Crippen LogP) is 1.95. The van der Waals surface area contributed by atoms with Gasteiger partial charge in [0.1, 0.15) is 6.04 Å². The summed E-state index contributed by atoms with van der Waals surface area (Å²) < 4.78 is 0. The van der Waals surface area contributed by atoms with Crippen molar-refractivity contribution in [1.82, 2.24) is 16.0 Å². The summed E-state index contributed by atoms with van der Waals surface area (Å²) in [6.07, 6.45) is 6.13. The zero-order chi connectivity index (χ0) is 22.2. The van der Waals surface area contributed by atoms with Crippen molar-refractivity contribution >= 4 is 29.5 Å². The Morgan fingerprint density at radius 3 is 2.55 bits per heavy atom. The number of hydrogen-bond acceptors (Lipinski definition) is 5. The van der Waals surface area contributed by atoms with Crippen LogP contribution in [-0.2, 0) is 27.3 Å². The highest BCUT2D eigenvalue weighted by Gasteiger charge is 2.29.